The standard InChI is InChI=1S/C14H20BrNO3/c1-9(8-15)11-6-5-10(7-12(11)17)16-13(18)19-14(2,3)4/h5-7,9,17H,8H2,1-4H3,(H,16,18). The molecule has 0 aromatic heterocycles. The summed E-state index contributed by atoms with van der Waals surface area (Å²) < 4.78 is 5.14. The summed E-state index contributed by atoms with van der Waals surface area (Å²) in [5, 5.41) is 13.3. The van der Waals surface area contributed by atoms with Gasteiger partial charge in [0.2, 0.25) is 0 Å². The maximum atomic E-state index is 11.6. The van der Waals surface area contributed by atoms with Crippen LogP contribution in [0.3, 0.4) is 0 Å². The molecular formula is C14H20BrNO3. The lowest BCUT2D eigenvalue weighted by atomic mass is 10.0. The van der Waals surface area contributed by atoms with Crippen LogP contribution in [0.2, 0.25) is 0 Å². The Morgan fingerprint density at radius 1 is 1.47 bits per heavy atom. The molecule has 1 unspecified atom stereocenters. The molecule has 0 aliphatic carbocycles. The minimum atomic E-state index is -0.545. The lowest BCUT2D eigenvalue weighted by molar-refractivity contribution is 0.0636. The SMILES string of the molecule is CC(CBr)c1ccc(NC(=O)OC(C)(C)C)cc1O. The van der Waals surface area contributed by atoms with Gasteiger partial charge in [0.25, 0.3) is 0 Å². The highest BCUT2D eigenvalue weighted by molar-refractivity contribution is 9.09. The van der Waals surface area contributed by atoms with Crippen LogP contribution in [0.4, 0.5) is 10.5 Å². The summed E-state index contributed by atoms with van der Waals surface area (Å²) in [6, 6.07) is 5.07. The Morgan fingerprint density at radius 3 is 2.58 bits per heavy atom. The summed E-state index contributed by atoms with van der Waals surface area (Å²) in [7, 11) is 0. The Balaban J connectivity index is 2.76. The summed E-state index contributed by atoms with van der Waals surface area (Å²) in [5.41, 5.74) is 0.806. The van der Waals surface area contributed by atoms with Crippen LogP contribution in [0.5, 0.6) is 5.75 Å². The van der Waals surface area contributed by atoms with E-state index in [9.17, 15) is 9.90 Å². The summed E-state index contributed by atoms with van der Waals surface area (Å²) in [5.74, 6) is 0.371. The molecule has 19 heavy (non-hydrogen) atoms. The first-order valence-electron chi connectivity index (χ1n) is 6.12. The van der Waals surface area contributed by atoms with Crippen molar-refractivity contribution in [1.29, 1.82) is 0 Å². The van der Waals surface area contributed by atoms with Crippen LogP contribution in [0.15, 0.2) is 18.2 Å². The van der Waals surface area contributed by atoms with Crippen molar-refractivity contribution < 1.29 is 14.6 Å². The maximum Gasteiger partial charge on any atom is 0.412 e. The van der Waals surface area contributed by atoms with Crippen molar-refractivity contribution in [3.8, 4) is 5.75 Å². The Bertz CT molecular complexity index is 454. The van der Waals surface area contributed by atoms with Gasteiger partial charge < -0.3 is 9.84 Å². The highest BCUT2D eigenvalue weighted by atomic mass is 79.9. The van der Waals surface area contributed by atoms with Gasteiger partial charge in [-0.15, -0.1) is 0 Å². The summed E-state index contributed by atoms with van der Waals surface area (Å²) >= 11 is 3.38. The van der Waals surface area contributed by atoms with E-state index in [1.54, 1.807) is 32.9 Å². The lowest BCUT2D eigenvalue weighted by Crippen LogP contribution is -2.27. The monoisotopic (exact) mass is 329 g/mol. The lowest BCUT2D eigenvalue weighted by Gasteiger charge is -2.20. The molecule has 1 amide bonds. The molecule has 1 atom stereocenters. The number of carbonyl (C=O) groups is 1. The highest BCUT2D eigenvalue weighted by Gasteiger charge is 2.17. The number of amides is 1. The summed E-state index contributed by atoms with van der Waals surface area (Å²) in [6.07, 6.45) is -0.534. The largest absolute Gasteiger partial charge is 0.508 e. The van der Waals surface area contributed by atoms with E-state index in [0.29, 0.717) is 5.69 Å². The van der Waals surface area contributed by atoms with Gasteiger partial charge in [-0.25, -0.2) is 4.79 Å². The van der Waals surface area contributed by atoms with Crippen LogP contribution in [-0.2, 0) is 4.74 Å². The van der Waals surface area contributed by atoms with E-state index in [0.717, 1.165) is 10.9 Å². The number of rotatable bonds is 3. The minimum absolute atomic E-state index is 0.167. The molecule has 0 bridgehead atoms. The zero-order chi connectivity index (χ0) is 14.6. The average molecular weight is 330 g/mol. The molecule has 0 spiro atoms. The number of alkyl halides is 1. The summed E-state index contributed by atoms with van der Waals surface area (Å²) in [4.78, 5) is 11.6. The maximum absolute atomic E-state index is 11.6. The molecule has 106 valence electrons. The summed E-state index contributed by atoms with van der Waals surface area (Å²) in [6.45, 7) is 7.39. The van der Waals surface area contributed by atoms with Gasteiger partial charge in [0.1, 0.15) is 11.4 Å². The fourth-order valence-electron chi connectivity index (χ4n) is 1.54. The number of hydrogen-bond donors (Lipinski definition) is 2. The Kier molecular flexibility index (Phi) is 5.23. The molecule has 0 saturated heterocycles. The molecule has 0 heterocycles. The van der Waals surface area contributed by atoms with Gasteiger partial charge >= 0.3 is 6.09 Å². The molecule has 1 aromatic rings. The fraction of sp³-hybridized carbons (Fsp3) is 0.500. The van der Waals surface area contributed by atoms with Crippen molar-refractivity contribution in [2.75, 3.05) is 10.6 Å². The molecular weight excluding hydrogens is 310 g/mol. The molecule has 0 saturated carbocycles. The number of nitrogens with one attached hydrogen (secondary N) is 1. The van der Waals surface area contributed by atoms with Crippen molar-refractivity contribution in [2.45, 2.75) is 39.2 Å². The Labute approximate surface area is 122 Å². The zero-order valence-corrected chi connectivity index (χ0v) is 13.2. The second-order valence-electron chi connectivity index (χ2n) is 5.46. The van der Waals surface area contributed by atoms with Crippen molar-refractivity contribution in [3.63, 3.8) is 0 Å². The van der Waals surface area contributed by atoms with Gasteiger partial charge in [-0.3, -0.25) is 5.32 Å². The quantitative estimate of drug-likeness (QED) is 0.815. The van der Waals surface area contributed by atoms with E-state index in [1.807, 2.05) is 6.92 Å². The molecule has 0 fully saturated rings. The van der Waals surface area contributed by atoms with Crippen molar-refractivity contribution in [2.24, 2.45) is 0 Å². The first kappa shape index (κ1) is 15.8. The van der Waals surface area contributed by atoms with Crippen molar-refractivity contribution in [1.82, 2.24) is 0 Å². The second-order valence-corrected chi connectivity index (χ2v) is 6.10. The van der Waals surface area contributed by atoms with Gasteiger partial charge in [0, 0.05) is 17.1 Å². The predicted octanol–water partition coefficient (Wildman–Crippen LogP) is 4.24. The molecule has 5 heteroatoms. The predicted molar refractivity (Wildman–Crippen MR) is 80.2 cm³/mol. The van der Waals surface area contributed by atoms with Crippen LogP contribution in [0.25, 0.3) is 0 Å². The van der Waals surface area contributed by atoms with Gasteiger partial charge in [-0.05, 0) is 38.3 Å². The fourth-order valence-corrected chi connectivity index (χ4v) is 1.89. The normalized spacial score (nSPS) is 12.9. The van der Waals surface area contributed by atoms with Crippen LogP contribution >= 0.6 is 15.9 Å². The van der Waals surface area contributed by atoms with Gasteiger partial charge in [-0.1, -0.05) is 28.9 Å². The molecule has 0 radical (unpaired) electrons. The average Bonchev–Trinajstić information content (AvgIpc) is 2.25. The van der Waals surface area contributed by atoms with Crippen LogP contribution in [0.1, 0.15) is 39.2 Å². The highest BCUT2D eigenvalue weighted by Crippen LogP contribution is 2.29. The molecule has 1 rings (SSSR count). The molecule has 0 aliphatic rings. The Hall–Kier alpha value is -1.23. The molecule has 0 aliphatic heterocycles. The smallest absolute Gasteiger partial charge is 0.412 e. The third-order valence-electron chi connectivity index (χ3n) is 2.44. The molecule has 2 N–H and O–H groups in total. The topological polar surface area (TPSA) is 58.6 Å². The van der Waals surface area contributed by atoms with E-state index in [4.69, 9.17) is 4.74 Å². The third-order valence-corrected chi connectivity index (χ3v) is 3.41. The number of carbonyl (C=O) groups excluding carboxylic acids is 1. The number of hydrogen-bond acceptors (Lipinski definition) is 3. The number of phenols is 1. The van der Waals surface area contributed by atoms with Crippen molar-refractivity contribution in [3.05, 3.63) is 23.8 Å². The number of benzene rings is 1. The number of aromatic hydroxyl groups is 1. The van der Waals surface area contributed by atoms with E-state index in [2.05, 4.69) is 21.2 Å². The Morgan fingerprint density at radius 2 is 2.11 bits per heavy atom. The zero-order valence-electron chi connectivity index (χ0n) is 11.7. The third kappa shape index (κ3) is 5.11. The van der Waals surface area contributed by atoms with Gasteiger partial charge in [0.05, 0.1) is 0 Å². The van der Waals surface area contributed by atoms with Crippen LogP contribution < -0.4 is 5.32 Å². The molecule has 4 nitrogen and oxygen atoms in total. The minimum Gasteiger partial charge on any atom is -0.508 e. The number of ether oxygens (including phenoxy) is 1. The van der Waals surface area contributed by atoms with Gasteiger partial charge in [-0.2, -0.15) is 0 Å². The van der Waals surface area contributed by atoms with Crippen LogP contribution in [0, 0.1) is 0 Å². The first-order valence-corrected chi connectivity index (χ1v) is 7.24. The van der Waals surface area contributed by atoms with Crippen molar-refractivity contribution >= 4 is 27.7 Å². The number of anilines is 1. The molecule has 1 aromatic carbocycles. The van der Waals surface area contributed by atoms with E-state index < -0.39 is 11.7 Å². The first-order chi connectivity index (χ1) is 8.73. The van der Waals surface area contributed by atoms with Crippen LogP contribution in [-0.4, -0.2) is 22.1 Å². The number of phenolic OH excluding ortho intramolecular Hbond substituents is 1. The van der Waals surface area contributed by atoms with E-state index in [1.165, 1.54) is 6.07 Å². The number of halogens is 1. The van der Waals surface area contributed by atoms with Gasteiger partial charge in [0.15, 0.2) is 0 Å². The second kappa shape index (κ2) is 6.28. The van der Waals surface area contributed by atoms with E-state index >= 15 is 0 Å². The van der Waals surface area contributed by atoms with E-state index in [-0.39, 0.29) is 11.7 Å².